The van der Waals surface area contributed by atoms with Crippen molar-refractivity contribution in [2.24, 2.45) is 5.92 Å². The van der Waals surface area contributed by atoms with Gasteiger partial charge in [0.2, 0.25) is 5.91 Å². The molecule has 3 N–H and O–H groups in total. The third-order valence-corrected chi connectivity index (χ3v) is 6.98. The highest BCUT2D eigenvalue weighted by molar-refractivity contribution is 5.79. The van der Waals surface area contributed by atoms with Crippen LogP contribution in [0.25, 0.3) is 0 Å². The summed E-state index contributed by atoms with van der Waals surface area (Å²) in [5, 5.41) is 31.9. The summed E-state index contributed by atoms with van der Waals surface area (Å²) >= 11 is 0. The lowest BCUT2D eigenvalue weighted by molar-refractivity contribution is -0.132. The van der Waals surface area contributed by atoms with Crippen LogP contribution in [0.5, 0.6) is 0 Å². The molecule has 8 nitrogen and oxygen atoms in total. The van der Waals surface area contributed by atoms with Gasteiger partial charge in [-0.05, 0) is 44.9 Å². The van der Waals surface area contributed by atoms with Gasteiger partial charge in [-0.2, -0.15) is 0 Å². The largest absolute Gasteiger partial charge is 0.394 e. The van der Waals surface area contributed by atoms with E-state index in [2.05, 4.69) is 15.6 Å². The first-order valence-electron chi connectivity index (χ1n) is 11.3. The molecule has 2 heterocycles. The topological polar surface area (TPSA) is 110 Å². The molecule has 3 fully saturated rings. The van der Waals surface area contributed by atoms with Crippen LogP contribution in [-0.4, -0.2) is 56.0 Å². The van der Waals surface area contributed by atoms with Gasteiger partial charge in [-0.3, -0.25) is 9.48 Å². The Balaban J connectivity index is 1.26. The third kappa shape index (κ3) is 4.81. The maximum atomic E-state index is 12.4. The molecule has 3 atom stereocenters. The highest BCUT2D eigenvalue weighted by atomic mass is 16.5. The molecule has 4 rings (SSSR count). The summed E-state index contributed by atoms with van der Waals surface area (Å²) in [5.74, 6) is 0.247. The van der Waals surface area contributed by atoms with Crippen LogP contribution in [0.3, 0.4) is 0 Å². The van der Waals surface area contributed by atoms with Gasteiger partial charge in [0, 0.05) is 12.5 Å². The number of hydrogen-bond acceptors (Lipinski definition) is 6. The van der Waals surface area contributed by atoms with Crippen molar-refractivity contribution in [2.75, 3.05) is 6.61 Å². The second-order valence-electron chi connectivity index (χ2n) is 9.05. The normalized spacial score (nSPS) is 29.9. The fourth-order valence-electron chi connectivity index (χ4n) is 5.11. The second kappa shape index (κ2) is 9.10. The molecule has 0 bridgehead atoms. The maximum Gasteiger partial charge on any atom is 0.223 e. The molecule has 2 aliphatic carbocycles. The number of carbonyl (C=O) groups is 1. The molecule has 162 valence electrons. The van der Waals surface area contributed by atoms with Crippen molar-refractivity contribution in [3.8, 4) is 0 Å². The lowest BCUT2D eigenvalue weighted by Gasteiger charge is -2.36. The quantitative estimate of drug-likeness (QED) is 0.635. The molecule has 0 aromatic carbocycles. The van der Waals surface area contributed by atoms with E-state index in [0.29, 0.717) is 12.2 Å². The van der Waals surface area contributed by atoms with Gasteiger partial charge in [-0.15, -0.1) is 5.10 Å². The number of carbonyl (C=O) groups excluding carboxylic acids is 1. The van der Waals surface area contributed by atoms with Crippen LogP contribution in [0, 0.1) is 5.92 Å². The molecule has 0 radical (unpaired) electrons. The molecular formula is C21H34N4O4. The monoisotopic (exact) mass is 406 g/mol. The highest BCUT2D eigenvalue weighted by Gasteiger charge is 2.36. The number of aliphatic hydroxyl groups excluding tert-OH is 1. The number of nitrogens with zero attached hydrogens (tertiary/aromatic N) is 3. The van der Waals surface area contributed by atoms with Crippen molar-refractivity contribution in [3.63, 3.8) is 0 Å². The summed E-state index contributed by atoms with van der Waals surface area (Å²) in [6, 6.07) is -0.112. The number of nitrogens with one attached hydrogen (secondary N) is 1. The number of aromatic nitrogens is 3. The van der Waals surface area contributed by atoms with E-state index in [-0.39, 0.29) is 36.7 Å². The van der Waals surface area contributed by atoms with E-state index in [1.807, 2.05) is 6.20 Å². The number of hydrogen-bond donors (Lipinski definition) is 3. The first-order valence-corrected chi connectivity index (χ1v) is 11.3. The number of aryl methyl sites for hydroxylation is 1. The lowest BCUT2D eigenvalue weighted by Crippen LogP contribution is -2.52. The summed E-state index contributed by atoms with van der Waals surface area (Å²) in [6.45, 7) is 0.567. The van der Waals surface area contributed by atoms with E-state index in [1.54, 1.807) is 4.68 Å². The van der Waals surface area contributed by atoms with Gasteiger partial charge in [0.15, 0.2) is 0 Å². The Morgan fingerprint density at radius 1 is 1.21 bits per heavy atom. The number of amides is 1. The average molecular weight is 407 g/mol. The Kier molecular flexibility index (Phi) is 6.51. The minimum absolute atomic E-state index is 0.0222. The third-order valence-electron chi connectivity index (χ3n) is 6.98. The standard InChI is InChI=1S/C21H34N4O4/c26-14-18-17(22-20(27)15-5-1-2-6-15)8-7-16(29-18)9-12-25-13-19(23-24-25)21(28)10-3-4-11-21/h13,15-18,26,28H,1-12,14H2,(H,22,27)/t16-,17-,18+/m1/s1. The second-order valence-corrected chi connectivity index (χ2v) is 9.05. The summed E-state index contributed by atoms with van der Waals surface area (Å²) in [7, 11) is 0. The van der Waals surface area contributed by atoms with Crippen molar-refractivity contribution in [1.82, 2.24) is 20.3 Å². The van der Waals surface area contributed by atoms with Gasteiger partial charge < -0.3 is 20.3 Å². The van der Waals surface area contributed by atoms with Gasteiger partial charge >= 0.3 is 0 Å². The van der Waals surface area contributed by atoms with Crippen molar-refractivity contribution in [2.45, 2.75) is 101 Å². The molecule has 3 aliphatic rings. The number of rotatable bonds is 7. The summed E-state index contributed by atoms with van der Waals surface area (Å²) in [4.78, 5) is 12.4. The van der Waals surface area contributed by atoms with Crippen LogP contribution < -0.4 is 5.32 Å². The van der Waals surface area contributed by atoms with Gasteiger partial charge in [0.1, 0.15) is 17.4 Å². The number of aliphatic hydroxyl groups is 2. The fraction of sp³-hybridized carbons (Fsp3) is 0.857. The smallest absolute Gasteiger partial charge is 0.223 e. The Morgan fingerprint density at radius 3 is 2.69 bits per heavy atom. The molecular weight excluding hydrogens is 372 g/mol. The SMILES string of the molecule is O=C(N[C@@H]1CC[C@H](CCn2cc(C3(O)CCCC3)nn2)O[C@H]1CO)C1CCCC1. The molecule has 0 unspecified atom stereocenters. The van der Waals surface area contributed by atoms with Gasteiger partial charge in [-0.25, -0.2) is 0 Å². The summed E-state index contributed by atoms with van der Waals surface area (Å²) < 4.78 is 7.86. The maximum absolute atomic E-state index is 12.4. The van der Waals surface area contributed by atoms with E-state index >= 15 is 0 Å². The Bertz CT molecular complexity index is 682. The summed E-state index contributed by atoms with van der Waals surface area (Å²) in [5.41, 5.74) is -0.144. The minimum atomic E-state index is -0.813. The molecule has 2 saturated carbocycles. The van der Waals surface area contributed by atoms with E-state index < -0.39 is 5.60 Å². The molecule has 0 spiro atoms. The molecule has 1 aromatic heterocycles. The zero-order valence-electron chi connectivity index (χ0n) is 17.1. The van der Waals surface area contributed by atoms with Crippen LogP contribution in [0.1, 0.15) is 76.3 Å². The Labute approximate surface area is 172 Å². The molecule has 1 saturated heterocycles. The van der Waals surface area contributed by atoms with Crippen molar-refractivity contribution < 1.29 is 19.7 Å². The predicted molar refractivity (Wildman–Crippen MR) is 106 cm³/mol. The van der Waals surface area contributed by atoms with Crippen molar-refractivity contribution >= 4 is 5.91 Å². The first-order chi connectivity index (χ1) is 14.1. The Hall–Kier alpha value is -1.51. The van der Waals surface area contributed by atoms with Gasteiger partial charge in [0.25, 0.3) is 0 Å². The van der Waals surface area contributed by atoms with E-state index in [1.165, 1.54) is 0 Å². The predicted octanol–water partition coefficient (Wildman–Crippen LogP) is 1.64. The minimum Gasteiger partial charge on any atom is -0.394 e. The first kappa shape index (κ1) is 20.8. The van der Waals surface area contributed by atoms with Gasteiger partial charge in [-0.1, -0.05) is 30.9 Å². The molecule has 8 heteroatoms. The molecule has 1 amide bonds. The van der Waals surface area contributed by atoms with Gasteiger partial charge in [0.05, 0.1) is 24.9 Å². The van der Waals surface area contributed by atoms with Crippen LogP contribution in [0.4, 0.5) is 0 Å². The van der Waals surface area contributed by atoms with E-state index in [9.17, 15) is 15.0 Å². The highest BCUT2D eigenvalue weighted by Crippen LogP contribution is 2.37. The lowest BCUT2D eigenvalue weighted by atomic mass is 9.96. The zero-order chi connectivity index (χ0) is 20.3. The zero-order valence-corrected chi connectivity index (χ0v) is 17.1. The number of ether oxygens (including phenoxy) is 1. The van der Waals surface area contributed by atoms with Crippen molar-refractivity contribution in [1.29, 1.82) is 0 Å². The van der Waals surface area contributed by atoms with Crippen LogP contribution >= 0.6 is 0 Å². The molecule has 1 aromatic rings. The average Bonchev–Trinajstić information content (AvgIpc) is 3.49. The van der Waals surface area contributed by atoms with Crippen LogP contribution in [0.15, 0.2) is 6.20 Å². The fourth-order valence-corrected chi connectivity index (χ4v) is 5.11. The Morgan fingerprint density at radius 2 is 1.97 bits per heavy atom. The van der Waals surface area contributed by atoms with Crippen molar-refractivity contribution in [3.05, 3.63) is 11.9 Å². The van der Waals surface area contributed by atoms with Crippen LogP contribution in [0.2, 0.25) is 0 Å². The summed E-state index contributed by atoms with van der Waals surface area (Å²) in [6.07, 6.45) is 11.7. The van der Waals surface area contributed by atoms with E-state index in [0.717, 1.165) is 70.6 Å². The molecule has 29 heavy (non-hydrogen) atoms. The molecule has 1 aliphatic heterocycles. The van der Waals surface area contributed by atoms with E-state index in [4.69, 9.17) is 4.74 Å². The van der Waals surface area contributed by atoms with Crippen LogP contribution in [-0.2, 0) is 21.7 Å².